The van der Waals surface area contributed by atoms with Crippen LogP contribution < -0.4 is 10.6 Å². The maximum Gasteiger partial charge on any atom is 0.00772 e. The Kier molecular flexibility index (Phi) is 6.34. The van der Waals surface area contributed by atoms with Crippen molar-refractivity contribution >= 4 is 0 Å². The third kappa shape index (κ3) is 3.80. The van der Waals surface area contributed by atoms with E-state index in [0.717, 1.165) is 26.2 Å². The molecule has 0 aromatic heterocycles. The summed E-state index contributed by atoms with van der Waals surface area (Å²) in [4.78, 5) is 0. The Morgan fingerprint density at radius 1 is 0.714 bits per heavy atom. The van der Waals surface area contributed by atoms with Crippen LogP contribution in [-0.2, 0) is 0 Å². The molecule has 3 heteroatoms. The summed E-state index contributed by atoms with van der Waals surface area (Å²) < 4.78 is 0. The molecule has 0 unspecified atom stereocenters. The summed E-state index contributed by atoms with van der Waals surface area (Å²) >= 11 is 0. The van der Waals surface area contributed by atoms with Crippen molar-refractivity contribution < 1.29 is 39.9 Å². The molecule has 0 radical (unpaired) electrons. The minimum Gasteiger partial charge on any atom is -0.314 e. The molecule has 0 bridgehead atoms. The Hall–Kier alpha value is 1.24. The van der Waals surface area contributed by atoms with Crippen LogP contribution in [0.3, 0.4) is 0 Å². The van der Waals surface area contributed by atoms with Gasteiger partial charge >= 0.3 is 0 Å². The van der Waals surface area contributed by atoms with Gasteiger partial charge in [-0.15, -0.1) is 0 Å². The number of nitrogens with one attached hydrogen (secondary N) is 2. The molecule has 1 aliphatic rings. The molecule has 1 fully saturated rings. The quantitative estimate of drug-likeness (QED) is 0.581. The van der Waals surface area contributed by atoms with E-state index in [1.54, 1.807) is 0 Å². The first-order chi connectivity index (χ1) is 3.00. The first-order valence-corrected chi connectivity index (χ1v) is 2.41. The van der Waals surface area contributed by atoms with Crippen LogP contribution in [0.25, 0.3) is 0 Å². The van der Waals surface area contributed by atoms with Crippen LogP contribution in [0, 0.1) is 39.9 Å². The molecular formula is C4H10GdN2. The molecular weight excluding hydrogens is 233 g/mol. The zero-order valence-corrected chi connectivity index (χ0v) is 6.45. The molecule has 1 aliphatic heterocycles. The van der Waals surface area contributed by atoms with E-state index in [9.17, 15) is 0 Å². The van der Waals surface area contributed by atoms with Crippen LogP contribution in [0.1, 0.15) is 0 Å². The average Bonchev–Trinajstić information content (AvgIpc) is 1.72. The molecule has 0 spiro atoms. The van der Waals surface area contributed by atoms with Gasteiger partial charge in [0.2, 0.25) is 0 Å². The average molecular weight is 243 g/mol. The van der Waals surface area contributed by atoms with E-state index in [2.05, 4.69) is 10.6 Å². The maximum absolute atomic E-state index is 3.22. The SMILES string of the molecule is C1CNCCN1.[Gd]. The maximum atomic E-state index is 3.22. The largest absolute Gasteiger partial charge is 0.314 e. The fourth-order valence-corrected chi connectivity index (χ4v) is 0.604. The molecule has 0 aromatic carbocycles. The molecule has 2 N–H and O–H groups in total. The summed E-state index contributed by atoms with van der Waals surface area (Å²) in [6, 6.07) is 0. The Balaban J connectivity index is 0.000000360. The zero-order chi connectivity index (χ0) is 4.24. The van der Waals surface area contributed by atoms with E-state index >= 15 is 0 Å². The van der Waals surface area contributed by atoms with Gasteiger partial charge in [-0.1, -0.05) is 0 Å². The van der Waals surface area contributed by atoms with Crippen LogP contribution in [-0.4, -0.2) is 26.2 Å². The molecule has 1 saturated heterocycles. The normalized spacial score (nSPS) is 20.6. The van der Waals surface area contributed by atoms with Crippen molar-refractivity contribution in [3.63, 3.8) is 0 Å². The second-order valence-corrected chi connectivity index (χ2v) is 1.50. The standard InChI is InChI=1S/C4H10N2.Gd/c1-2-6-4-3-5-1;/h5-6H,1-4H2;. The van der Waals surface area contributed by atoms with Gasteiger partial charge in [0.05, 0.1) is 0 Å². The van der Waals surface area contributed by atoms with Gasteiger partial charge in [0.1, 0.15) is 0 Å². The van der Waals surface area contributed by atoms with Crippen LogP contribution in [0.4, 0.5) is 0 Å². The Morgan fingerprint density at radius 2 is 1.00 bits per heavy atom. The first kappa shape index (κ1) is 8.24. The van der Waals surface area contributed by atoms with E-state index in [1.807, 2.05) is 0 Å². The number of piperazine rings is 1. The number of hydrogen-bond acceptors (Lipinski definition) is 2. The summed E-state index contributed by atoms with van der Waals surface area (Å²) in [6.07, 6.45) is 0. The molecule has 0 aliphatic carbocycles. The van der Waals surface area contributed by atoms with E-state index < -0.39 is 0 Å². The third-order valence-corrected chi connectivity index (χ3v) is 0.957. The molecule has 44 valence electrons. The summed E-state index contributed by atoms with van der Waals surface area (Å²) in [5.74, 6) is 0. The monoisotopic (exact) mass is 244 g/mol. The van der Waals surface area contributed by atoms with Crippen molar-refractivity contribution in [1.82, 2.24) is 10.6 Å². The van der Waals surface area contributed by atoms with Crippen LogP contribution in [0.2, 0.25) is 0 Å². The fourth-order valence-electron chi connectivity index (χ4n) is 0.604. The third-order valence-electron chi connectivity index (χ3n) is 0.957. The van der Waals surface area contributed by atoms with Gasteiger partial charge in [0.15, 0.2) is 0 Å². The van der Waals surface area contributed by atoms with Crippen molar-refractivity contribution in [2.45, 2.75) is 0 Å². The molecule has 7 heavy (non-hydrogen) atoms. The molecule has 0 saturated carbocycles. The van der Waals surface area contributed by atoms with Gasteiger partial charge in [0.25, 0.3) is 0 Å². The summed E-state index contributed by atoms with van der Waals surface area (Å²) in [5.41, 5.74) is 0. The molecule has 2 nitrogen and oxygen atoms in total. The number of rotatable bonds is 0. The first-order valence-electron chi connectivity index (χ1n) is 2.41. The predicted octanol–water partition coefficient (Wildman–Crippen LogP) is -0.821. The van der Waals surface area contributed by atoms with Gasteiger partial charge in [-0.25, -0.2) is 0 Å². The Bertz CT molecular complexity index is 25.2. The summed E-state index contributed by atoms with van der Waals surface area (Å²) in [7, 11) is 0. The van der Waals surface area contributed by atoms with Crippen LogP contribution >= 0.6 is 0 Å². The van der Waals surface area contributed by atoms with Gasteiger partial charge < -0.3 is 10.6 Å². The van der Waals surface area contributed by atoms with E-state index in [1.165, 1.54) is 0 Å². The van der Waals surface area contributed by atoms with Crippen molar-refractivity contribution in [1.29, 1.82) is 0 Å². The van der Waals surface area contributed by atoms with E-state index in [4.69, 9.17) is 0 Å². The second kappa shape index (κ2) is 5.38. The van der Waals surface area contributed by atoms with E-state index in [0.29, 0.717) is 0 Å². The summed E-state index contributed by atoms with van der Waals surface area (Å²) in [6.45, 7) is 4.56. The van der Waals surface area contributed by atoms with Crippen molar-refractivity contribution in [2.24, 2.45) is 0 Å². The molecule has 1 rings (SSSR count). The van der Waals surface area contributed by atoms with Gasteiger partial charge in [-0.2, -0.15) is 0 Å². The molecule has 0 aromatic rings. The van der Waals surface area contributed by atoms with Crippen molar-refractivity contribution in [3.05, 3.63) is 0 Å². The van der Waals surface area contributed by atoms with Crippen LogP contribution in [0.15, 0.2) is 0 Å². The minimum atomic E-state index is 0. The zero-order valence-electron chi connectivity index (χ0n) is 4.18. The van der Waals surface area contributed by atoms with Gasteiger partial charge in [0, 0.05) is 66.1 Å². The van der Waals surface area contributed by atoms with E-state index in [-0.39, 0.29) is 39.9 Å². The minimum absolute atomic E-state index is 0. The number of hydrogen-bond donors (Lipinski definition) is 2. The van der Waals surface area contributed by atoms with Crippen molar-refractivity contribution in [2.75, 3.05) is 26.2 Å². The fraction of sp³-hybridized carbons (Fsp3) is 1.00. The molecule has 0 amide bonds. The molecule has 1 heterocycles. The Morgan fingerprint density at radius 3 is 1.14 bits per heavy atom. The summed E-state index contributed by atoms with van der Waals surface area (Å²) in [5, 5.41) is 6.44. The smallest absolute Gasteiger partial charge is 0.00772 e. The van der Waals surface area contributed by atoms with Crippen LogP contribution in [0.5, 0.6) is 0 Å². The van der Waals surface area contributed by atoms with Gasteiger partial charge in [-0.05, 0) is 0 Å². The predicted molar refractivity (Wildman–Crippen MR) is 25.7 cm³/mol. The molecule has 0 atom stereocenters. The second-order valence-electron chi connectivity index (χ2n) is 1.50. The Labute approximate surface area is 76.1 Å². The van der Waals surface area contributed by atoms with Crippen molar-refractivity contribution in [3.8, 4) is 0 Å². The topological polar surface area (TPSA) is 24.1 Å². The van der Waals surface area contributed by atoms with Gasteiger partial charge in [-0.3, -0.25) is 0 Å².